The van der Waals surface area contributed by atoms with E-state index in [0.717, 1.165) is 21.9 Å². The van der Waals surface area contributed by atoms with E-state index in [0.29, 0.717) is 12.0 Å². The molecule has 1 aliphatic rings. The Morgan fingerprint density at radius 1 is 0.879 bits per heavy atom. The summed E-state index contributed by atoms with van der Waals surface area (Å²) >= 11 is 0. The van der Waals surface area contributed by atoms with Gasteiger partial charge in [0.25, 0.3) is 5.91 Å². The van der Waals surface area contributed by atoms with Crippen LogP contribution in [0.1, 0.15) is 23.6 Å². The summed E-state index contributed by atoms with van der Waals surface area (Å²) in [6.07, 6.45) is 2.09. The molecule has 1 heterocycles. The first-order chi connectivity index (χ1) is 16.2. The number of aromatic hydroxyl groups is 1. The molecule has 4 aromatic carbocycles. The van der Waals surface area contributed by atoms with E-state index in [1.54, 1.807) is 6.07 Å². The lowest BCUT2D eigenvalue weighted by atomic mass is 9.98. The number of carbonyl (C=O) groups excluding carboxylic acids is 1. The Kier molecular flexibility index (Phi) is 5.85. The van der Waals surface area contributed by atoms with Crippen molar-refractivity contribution in [2.24, 2.45) is 5.10 Å². The number of phenols is 1. The zero-order chi connectivity index (χ0) is 22.6. The molecule has 5 rings (SSSR count). The van der Waals surface area contributed by atoms with Crippen molar-refractivity contribution in [2.45, 2.75) is 18.5 Å². The molecule has 1 aliphatic heterocycles. The molecule has 164 valence electrons. The number of nitrogens with one attached hydrogen (secondary N) is 3. The van der Waals surface area contributed by atoms with Crippen LogP contribution in [0.25, 0.3) is 21.9 Å². The van der Waals surface area contributed by atoms with Gasteiger partial charge in [-0.1, -0.05) is 84.9 Å². The van der Waals surface area contributed by atoms with E-state index in [2.05, 4.69) is 57.8 Å². The average molecular weight is 437 g/mol. The van der Waals surface area contributed by atoms with Gasteiger partial charge in [0.05, 0.1) is 6.21 Å². The number of hydrogen-bond donors (Lipinski definition) is 4. The first-order valence-electron chi connectivity index (χ1n) is 10.9. The third kappa shape index (κ3) is 4.48. The SMILES string of the molecule is O=C(N/N=C\c1c(O)ccc2ccccc12)C1CC(c2ccc(-c3ccccc3)cc2)NN1. The van der Waals surface area contributed by atoms with Crippen LogP contribution in [0.3, 0.4) is 0 Å². The summed E-state index contributed by atoms with van der Waals surface area (Å²) in [6, 6.07) is 29.4. The Hall–Kier alpha value is -4.00. The Balaban J connectivity index is 1.22. The fourth-order valence-corrected chi connectivity index (χ4v) is 4.14. The van der Waals surface area contributed by atoms with E-state index in [9.17, 15) is 9.90 Å². The summed E-state index contributed by atoms with van der Waals surface area (Å²) < 4.78 is 0. The number of phenolic OH excluding ortho intramolecular Hbond substituents is 1. The molecule has 6 heteroatoms. The number of benzene rings is 4. The van der Waals surface area contributed by atoms with Gasteiger partial charge < -0.3 is 5.11 Å². The largest absolute Gasteiger partial charge is 0.507 e. The first-order valence-corrected chi connectivity index (χ1v) is 10.9. The molecule has 0 bridgehead atoms. The minimum absolute atomic E-state index is 0.0247. The number of hydrazine groups is 1. The van der Waals surface area contributed by atoms with Crippen molar-refractivity contribution in [3.05, 3.63) is 102 Å². The highest BCUT2D eigenvalue weighted by atomic mass is 16.3. The van der Waals surface area contributed by atoms with E-state index in [1.807, 2.05) is 48.5 Å². The van der Waals surface area contributed by atoms with Crippen LogP contribution >= 0.6 is 0 Å². The zero-order valence-electron chi connectivity index (χ0n) is 17.9. The van der Waals surface area contributed by atoms with Gasteiger partial charge in [-0.3, -0.25) is 4.79 Å². The molecule has 0 radical (unpaired) electrons. The maximum atomic E-state index is 12.6. The lowest BCUT2D eigenvalue weighted by Gasteiger charge is -2.11. The summed E-state index contributed by atoms with van der Waals surface area (Å²) in [7, 11) is 0. The Morgan fingerprint density at radius 3 is 2.42 bits per heavy atom. The molecule has 2 atom stereocenters. The number of nitrogens with zero attached hydrogens (tertiary/aromatic N) is 1. The van der Waals surface area contributed by atoms with Crippen molar-refractivity contribution in [3.63, 3.8) is 0 Å². The van der Waals surface area contributed by atoms with Crippen LogP contribution < -0.4 is 16.3 Å². The van der Waals surface area contributed by atoms with Gasteiger partial charge in [-0.25, -0.2) is 16.3 Å². The molecule has 4 N–H and O–H groups in total. The first kappa shape index (κ1) is 20.9. The highest BCUT2D eigenvalue weighted by Crippen LogP contribution is 2.27. The van der Waals surface area contributed by atoms with E-state index < -0.39 is 6.04 Å². The smallest absolute Gasteiger partial charge is 0.258 e. The monoisotopic (exact) mass is 436 g/mol. The Bertz CT molecular complexity index is 1300. The molecule has 1 fully saturated rings. The van der Waals surface area contributed by atoms with Crippen molar-refractivity contribution in [2.75, 3.05) is 0 Å². The van der Waals surface area contributed by atoms with Gasteiger partial charge in [-0.05, 0) is 39.9 Å². The lowest BCUT2D eigenvalue weighted by Crippen LogP contribution is -2.41. The molecule has 33 heavy (non-hydrogen) atoms. The molecule has 6 nitrogen and oxygen atoms in total. The van der Waals surface area contributed by atoms with Gasteiger partial charge in [-0.15, -0.1) is 0 Å². The minimum atomic E-state index is -0.415. The van der Waals surface area contributed by atoms with Crippen LogP contribution in [0, 0.1) is 0 Å². The fraction of sp³-hybridized carbons (Fsp3) is 0.111. The summed E-state index contributed by atoms with van der Waals surface area (Å²) in [5.74, 6) is -0.117. The molecule has 1 saturated heterocycles. The van der Waals surface area contributed by atoms with E-state index >= 15 is 0 Å². The van der Waals surface area contributed by atoms with Crippen LogP contribution in [0.4, 0.5) is 0 Å². The molecule has 0 spiro atoms. The van der Waals surface area contributed by atoms with Gasteiger partial charge in [0.2, 0.25) is 0 Å². The maximum Gasteiger partial charge on any atom is 0.258 e. The van der Waals surface area contributed by atoms with Gasteiger partial charge >= 0.3 is 0 Å². The second kappa shape index (κ2) is 9.24. The Labute approximate surface area is 191 Å². The van der Waals surface area contributed by atoms with Gasteiger partial charge in [-0.2, -0.15) is 5.10 Å². The molecule has 0 saturated carbocycles. The summed E-state index contributed by atoms with van der Waals surface area (Å²) in [4.78, 5) is 12.6. The highest BCUT2D eigenvalue weighted by molar-refractivity contribution is 6.02. The van der Waals surface area contributed by atoms with Crippen LogP contribution in [0.15, 0.2) is 96.1 Å². The standard InChI is InChI=1S/C27H24N4O2/c32-26-15-14-20-8-4-5-9-22(20)23(26)17-28-31-27(33)25-16-24(29-30-25)21-12-10-19(11-13-21)18-6-2-1-3-7-18/h1-15,17,24-25,29-30,32H,16H2,(H,31,33)/b28-17-. The number of hydrazone groups is 1. The maximum absolute atomic E-state index is 12.6. The van der Waals surface area contributed by atoms with E-state index in [4.69, 9.17) is 0 Å². The van der Waals surface area contributed by atoms with E-state index in [1.165, 1.54) is 11.8 Å². The number of hydrogen-bond acceptors (Lipinski definition) is 5. The predicted molar refractivity (Wildman–Crippen MR) is 131 cm³/mol. The molecule has 1 amide bonds. The normalized spacial score (nSPS) is 18.1. The van der Waals surface area contributed by atoms with Crippen molar-refractivity contribution in [3.8, 4) is 16.9 Å². The highest BCUT2D eigenvalue weighted by Gasteiger charge is 2.30. The summed E-state index contributed by atoms with van der Waals surface area (Å²) in [6.45, 7) is 0. The number of amides is 1. The van der Waals surface area contributed by atoms with Crippen molar-refractivity contribution in [1.29, 1.82) is 0 Å². The van der Waals surface area contributed by atoms with Crippen molar-refractivity contribution < 1.29 is 9.90 Å². The molecule has 0 aliphatic carbocycles. The predicted octanol–water partition coefficient (Wildman–Crippen LogP) is 4.27. The summed E-state index contributed by atoms with van der Waals surface area (Å²) in [5, 5.41) is 16.2. The van der Waals surface area contributed by atoms with Crippen LogP contribution in [0.2, 0.25) is 0 Å². The van der Waals surface area contributed by atoms with Crippen molar-refractivity contribution >= 4 is 22.9 Å². The number of rotatable bonds is 5. The quantitative estimate of drug-likeness (QED) is 0.278. The molecule has 4 aromatic rings. The van der Waals surface area contributed by atoms with Gasteiger partial charge in [0, 0.05) is 11.6 Å². The number of fused-ring (bicyclic) bond motifs is 1. The lowest BCUT2D eigenvalue weighted by molar-refractivity contribution is -0.122. The van der Waals surface area contributed by atoms with Gasteiger partial charge in [0.15, 0.2) is 0 Å². The fourth-order valence-electron chi connectivity index (χ4n) is 4.14. The van der Waals surface area contributed by atoms with Crippen LogP contribution in [-0.2, 0) is 4.79 Å². The molecule has 0 aromatic heterocycles. The third-order valence-electron chi connectivity index (χ3n) is 5.96. The summed E-state index contributed by atoms with van der Waals surface area (Å²) in [5.41, 5.74) is 12.9. The average Bonchev–Trinajstić information content (AvgIpc) is 3.36. The third-order valence-corrected chi connectivity index (χ3v) is 5.96. The van der Waals surface area contributed by atoms with Gasteiger partial charge in [0.1, 0.15) is 11.8 Å². The second-order valence-electron chi connectivity index (χ2n) is 8.07. The minimum Gasteiger partial charge on any atom is -0.507 e. The Morgan fingerprint density at radius 2 is 1.61 bits per heavy atom. The number of carbonyl (C=O) groups is 1. The zero-order valence-corrected chi connectivity index (χ0v) is 17.9. The molecular weight excluding hydrogens is 412 g/mol. The second-order valence-corrected chi connectivity index (χ2v) is 8.07. The van der Waals surface area contributed by atoms with Crippen molar-refractivity contribution in [1.82, 2.24) is 16.3 Å². The topological polar surface area (TPSA) is 85.8 Å². The van der Waals surface area contributed by atoms with E-state index in [-0.39, 0.29) is 17.7 Å². The van der Waals surface area contributed by atoms with Crippen LogP contribution in [0.5, 0.6) is 5.75 Å². The molecular formula is C27H24N4O2. The van der Waals surface area contributed by atoms with Crippen LogP contribution in [-0.4, -0.2) is 23.3 Å². The molecule has 2 unspecified atom stereocenters.